The number of hydrogen-bond donors (Lipinski definition) is 0. The molecule has 0 aliphatic carbocycles. The van der Waals surface area contributed by atoms with Crippen LogP contribution in [0.25, 0.3) is 0 Å². The summed E-state index contributed by atoms with van der Waals surface area (Å²) in [6, 6.07) is 0. The molecule has 1 saturated heterocycles. The first kappa shape index (κ1) is 9.57. The van der Waals surface area contributed by atoms with E-state index in [4.69, 9.17) is 0 Å². The summed E-state index contributed by atoms with van der Waals surface area (Å²) in [5.74, 6) is 0. The summed E-state index contributed by atoms with van der Waals surface area (Å²) in [5.41, 5.74) is 0. The molecule has 0 aromatic rings. The monoisotopic (exact) mass is 448 g/mol. The molecular weight excluding hydrogens is 444 g/mol. The fourth-order valence-corrected chi connectivity index (χ4v) is 104. The summed E-state index contributed by atoms with van der Waals surface area (Å²) in [7, 11) is 8.20. The first-order chi connectivity index (χ1) is 4.00. The summed E-state index contributed by atoms with van der Waals surface area (Å²) in [5, 5.41) is 0. The second-order valence-electron chi connectivity index (χ2n) is 0.544. The van der Waals surface area contributed by atoms with Crippen LogP contribution in [0.2, 0.25) is 0 Å². The predicted molar refractivity (Wildman–Crippen MR) is 53.4 cm³/mol. The summed E-state index contributed by atoms with van der Waals surface area (Å²) >= 11 is 4.14. The van der Waals surface area contributed by atoms with Gasteiger partial charge in [-0.3, -0.25) is 0 Å². The molecule has 8 heavy (non-hydrogen) atoms. The SMILES string of the molecule is S1SS[Se][Se][Se][Se]S1. The van der Waals surface area contributed by atoms with Crippen LogP contribution in [0.15, 0.2) is 0 Å². The van der Waals surface area contributed by atoms with Crippen molar-refractivity contribution >= 4 is 84.7 Å². The zero-order chi connectivity index (χ0) is 5.66. The molecule has 1 aliphatic rings. The van der Waals surface area contributed by atoms with E-state index < -0.39 is 0 Å². The van der Waals surface area contributed by atoms with E-state index in [2.05, 4.69) is 18.4 Å². The normalized spacial score (nSPS) is 24.0. The molecule has 1 rings (SSSR count). The molecule has 0 unspecified atom stereocenters. The van der Waals surface area contributed by atoms with E-state index in [1.165, 1.54) is 0 Å². The van der Waals surface area contributed by atoms with Crippen LogP contribution in [0, 0.1) is 0 Å². The molecule has 48 valence electrons. The van der Waals surface area contributed by atoms with E-state index >= 15 is 0 Å². The Balaban J connectivity index is 2.00. The van der Waals surface area contributed by atoms with E-state index in [-0.39, 0.29) is 0 Å². The second-order valence-corrected chi connectivity index (χ2v) is 40.2. The predicted octanol–water partition coefficient (Wildman–Crippen LogP) is 1.07. The van der Waals surface area contributed by atoms with Crippen LogP contribution in [0.5, 0.6) is 0 Å². The van der Waals surface area contributed by atoms with Crippen LogP contribution in [0.3, 0.4) is 0 Å². The maximum atomic E-state index is 2.10. The van der Waals surface area contributed by atoms with Crippen molar-refractivity contribution in [3.05, 3.63) is 0 Å². The van der Waals surface area contributed by atoms with Gasteiger partial charge in [0, 0.05) is 0 Å². The standard InChI is InChI=1S/S4Se4/c1-2-4-6-8-7-5-3-1. The Morgan fingerprint density at radius 2 is 1.25 bits per heavy atom. The van der Waals surface area contributed by atoms with Crippen LogP contribution in [-0.2, 0) is 0 Å². The molecule has 1 heterocycles. The Hall–Kier alpha value is 3.48. The fraction of sp³-hybridized carbons (Fsp3) is 0. The molecule has 0 amide bonds. The molecule has 1 fully saturated rings. The quantitative estimate of drug-likeness (QED) is 0.405. The zero-order valence-corrected chi connectivity index (χ0v) is 13.4. The summed E-state index contributed by atoms with van der Waals surface area (Å²) < 4.78 is 0. The van der Waals surface area contributed by atoms with Gasteiger partial charge in [0.2, 0.25) is 0 Å². The molecule has 0 aromatic heterocycles. The van der Waals surface area contributed by atoms with Gasteiger partial charge in [0.15, 0.2) is 0 Å². The van der Waals surface area contributed by atoms with Crippen molar-refractivity contribution in [1.29, 1.82) is 0 Å². The average Bonchev–Trinajstić information content (AvgIpc) is 1.62. The summed E-state index contributed by atoms with van der Waals surface area (Å²) in [4.78, 5) is 0. The van der Waals surface area contributed by atoms with Gasteiger partial charge in [0.25, 0.3) is 0 Å². The Morgan fingerprint density at radius 3 is 1.75 bits per heavy atom. The Kier molecular flexibility index (Phi) is 8.54. The third-order valence-electron chi connectivity index (χ3n) is 0.222. The zero-order valence-electron chi connectivity index (χ0n) is 3.27. The van der Waals surface area contributed by atoms with Gasteiger partial charge in [0.05, 0.1) is 0 Å². The number of rotatable bonds is 0. The molecule has 8 heteroatoms. The minimum absolute atomic E-state index is 0.980. The van der Waals surface area contributed by atoms with Crippen LogP contribution in [-0.4, -0.2) is 46.6 Å². The molecule has 0 nitrogen and oxygen atoms in total. The van der Waals surface area contributed by atoms with Crippen LogP contribution in [0.1, 0.15) is 0 Å². The molecule has 0 bridgehead atoms. The Morgan fingerprint density at radius 1 is 0.750 bits per heavy atom. The topological polar surface area (TPSA) is 0 Å². The molecule has 0 saturated carbocycles. The van der Waals surface area contributed by atoms with Gasteiger partial charge in [-0.05, 0) is 0 Å². The van der Waals surface area contributed by atoms with E-state index in [0.29, 0.717) is 0 Å². The van der Waals surface area contributed by atoms with E-state index in [0.717, 1.165) is 46.6 Å². The van der Waals surface area contributed by atoms with Crippen molar-refractivity contribution in [1.82, 2.24) is 0 Å². The minimum atomic E-state index is 0.980. The van der Waals surface area contributed by atoms with Crippen LogP contribution in [0.4, 0.5) is 0 Å². The summed E-state index contributed by atoms with van der Waals surface area (Å²) in [6.45, 7) is 0. The molecule has 0 N–H and O–H groups in total. The average molecular weight is 444 g/mol. The molecular formula is S4Se4. The van der Waals surface area contributed by atoms with Gasteiger partial charge < -0.3 is 0 Å². The molecule has 0 aromatic carbocycles. The third kappa shape index (κ3) is 5.17. The van der Waals surface area contributed by atoms with Gasteiger partial charge in [0.1, 0.15) is 0 Å². The fourth-order valence-electron chi connectivity index (χ4n) is 0.0907. The Bertz CT molecular complexity index is 32.0. The van der Waals surface area contributed by atoms with Gasteiger partial charge >= 0.3 is 84.7 Å². The van der Waals surface area contributed by atoms with Gasteiger partial charge in [-0.1, -0.05) is 0 Å². The van der Waals surface area contributed by atoms with Crippen LogP contribution < -0.4 is 0 Å². The van der Waals surface area contributed by atoms with E-state index in [1.54, 1.807) is 0 Å². The van der Waals surface area contributed by atoms with E-state index in [1.807, 2.05) is 19.7 Å². The van der Waals surface area contributed by atoms with Gasteiger partial charge in [-0.25, -0.2) is 0 Å². The van der Waals surface area contributed by atoms with Crippen molar-refractivity contribution in [2.45, 2.75) is 0 Å². The maximum absolute atomic E-state index is 2.10. The van der Waals surface area contributed by atoms with Crippen molar-refractivity contribution in [3.63, 3.8) is 0 Å². The second kappa shape index (κ2) is 7.14. The Labute approximate surface area is 83.0 Å². The summed E-state index contributed by atoms with van der Waals surface area (Å²) in [6.07, 6.45) is 0. The molecule has 0 radical (unpaired) electrons. The van der Waals surface area contributed by atoms with Gasteiger partial charge in [-0.2, -0.15) is 0 Å². The van der Waals surface area contributed by atoms with Crippen molar-refractivity contribution < 1.29 is 0 Å². The van der Waals surface area contributed by atoms with Crippen molar-refractivity contribution in [3.8, 4) is 0 Å². The molecule has 0 spiro atoms. The van der Waals surface area contributed by atoms with Crippen LogP contribution >= 0.6 is 38.1 Å². The first-order valence-electron chi connectivity index (χ1n) is 1.33. The van der Waals surface area contributed by atoms with E-state index in [9.17, 15) is 0 Å². The number of hydrogen-bond acceptors (Lipinski definition) is 4. The van der Waals surface area contributed by atoms with Crippen molar-refractivity contribution in [2.24, 2.45) is 0 Å². The molecule has 0 atom stereocenters. The molecule has 1 aliphatic heterocycles. The third-order valence-corrected chi connectivity index (χ3v) is 67.2. The first-order valence-corrected chi connectivity index (χ1v) is 23.2. The van der Waals surface area contributed by atoms with Crippen molar-refractivity contribution in [2.75, 3.05) is 0 Å². The van der Waals surface area contributed by atoms with Gasteiger partial charge in [-0.15, -0.1) is 0 Å².